The summed E-state index contributed by atoms with van der Waals surface area (Å²) in [7, 11) is 0. The normalized spacial score (nSPS) is 15.3. The van der Waals surface area contributed by atoms with Crippen LogP contribution in [0, 0.1) is 5.92 Å². The third kappa shape index (κ3) is 11.3. The predicted octanol–water partition coefficient (Wildman–Crippen LogP) is -5.14. The third-order valence-corrected chi connectivity index (χ3v) is 3.60. The van der Waals surface area contributed by atoms with Gasteiger partial charge < -0.3 is 55.3 Å². The van der Waals surface area contributed by atoms with Gasteiger partial charge in [-0.1, -0.05) is 0 Å². The van der Waals surface area contributed by atoms with E-state index in [0.717, 1.165) is 0 Å². The van der Waals surface area contributed by atoms with Crippen LogP contribution in [0.3, 0.4) is 0 Å². The van der Waals surface area contributed by atoms with Gasteiger partial charge in [0.25, 0.3) is 0 Å². The van der Waals surface area contributed by atoms with Gasteiger partial charge in [-0.2, -0.15) is 0 Å². The van der Waals surface area contributed by atoms with Crippen molar-refractivity contribution in [1.29, 1.82) is 0 Å². The summed E-state index contributed by atoms with van der Waals surface area (Å²) in [6, 6.07) is 0. The van der Waals surface area contributed by atoms with Gasteiger partial charge in [-0.05, 0) is 31.1 Å². The number of aliphatic carboxylic acids is 4. The second-order valence-electron chi connectivity index (χ2n) is 6.14. The highest BCUT2D eigenvalue weighted by Crippen LogP contribution is 2.15. The Kier molecular flexibility index (Phi) is 10.9. The monoisotopic (exact) mass is 416 g/mol. The summed E-state index contributed by atoms with van der Waals surface area (Å²) >= 11 is 0. The number of hydrogen-bond donors (Lipinski definition) is 3. The number of carbonyl (C=O) groups excluding carboxylic acids is 2. The number of carboxylic acids is 4. The molecule has 0 aliphatic rings. The number of carbonyl (C=O) groups is 4. The fourth-order valence-electron chi connectivity index (χ4n) is 2.11. The first kappa shape index (κ1) is 25.8. The molecular weight excluding hydrogens is 396 g/mol. The van der Waals surface area contributed by atoms with Crippen LogP contribution < -0.4 is 20.4 Å². The lowest BCUT2D eigenvalue weighted by molar-refractivity contribution is -0.310. The van der Waals surface area contributed by atoms with Crippen LogP contribution in [0.15, 0.2) is 9.98 Å². The van der Waals surface area contributed by atoms with Gasteiger partial charge in [-0.25, -0.2) is 4.79 Å². The van der Waals surface area contributed by atoms with Crippen LogP contribution >= 0.6 is 0 Å². The molecule has 0 radical (unpaired) electrons. The largest absolute Gasteiger partial charge is 0.862 e. The number of aliphatic hydroxyl groups is 1. The van der Waals surface area contributed by atoms with Crippen molar-refractivity contribution in [3.8, 4) is 0 Å². The van der Waals surface area contributed by atoms with Crippen LogP contribution in [0.4, 0.5) is 0 Å². The first-order chi connectivity index (χ1) is 13.4. The number of nitrogens with zero attached hydrogens (tertiary/aromatic N) is 2. The van der Waals surface area contributed by atoms with Crippen LogP contribution in [0.25, 0.3) is 0 Å². The van der Waals surface area contributed by atoms with Crippen molar-refractivity contribution in [2.75, 3.05) is 13.1 Å². The molecule has 13 heteroatoms. The van der Waals surface area contributed by atoms with E-state index in [0.29, 0.717) is 0 Å². The highest BCUT2D eigenvalue weighted by atomic mass is 16.4. The zero-order chi connectivity index (χ0) is 22.6. The molecule has 2 atom stereocenters. The molecule has 13 nitrogen and oxygen atoms in total. The molecule has 0 saturated carbocycles. The number of carboxylic acid groups (broad SMARTS) is 4. The van der Waals surface area contributed by atoms with Crippen molar-refractivity contribution in [1.82, 2.24) is 0 Å². The van der Waals surface area contributed by atoms with E-state index in [9.17, 15) is 44.7 Å². The van der Waals surface area contributed by atoms with Gasteiger partial charge >= 0.3 is 11.9 Å². The Morgan fingerprint density at radius 2 is 1.31 bits per heavy atom. The molecule has 0 amide bonds. The lowest BCUT2D eigenvalue weighted by Crippen LogP contribution is -2.47. The minimum Gasteiger partial charge on any atom is -0.862 e. The Labute approximate surface area is 164 Å². The van der Waals surface area contributed by atoms with Crippen molar-refractivity contribution in [3.05, 3.63) is 0 Å². The van der Waals surface area contributed by atoms with Gasteiger partial charge in [-0.15, -0.1) is 0 Å². The molecule has 29 heavy (non-hydrogen) atoms. The average molecular weight is 416 g/mol. The predicted molar refractivity (Wildman–Crippen MR) is 86.0 cm³/mol. The molecule has 3 N–H and O–H groups in total. The van der Waals surface area contributed by atoms with E-state index in [1.807, 2.05) is 0 Å². The third-order valence-electron chi connectivity index (χ3n) is 3.60. The van der Waals surface area contributed by atoms with Crippen LogP contribution in [0.1, 0.15) is 38.5 Å². The lowest BCUT2D eigenvalue weighted by atomic mass is 9.95. The molecule has 0 rings (SSSR count). The number of aliphatic imine (C=N–C) groups is 2. The lowest BCUT2D eigenvalue weighted by Gasteiger charge is -2.26. The molecule has 0 aliphatic carbocycles. The Morgan fingerprint density at radius 3 is 1.72 bits per heavy atom. The maximum atomic E-state index is 11.6. The topological polar surface area (TPSA) is 246 Å². The molecule has 0 aliphatic heterocycles. The standard InChI is InChI=1S/C16H24N2O11/c19-10(5-9(14(25)26)6-12(21)22)17-3-1-2-4-18-11(20)7-16(29,15(27)28)8-13(23)24/h9,29H,1-8H2,(H,17,19)(H,18,20)(H,21,22)(H,23,24)(H,25,26)(H,27,28)/p-4/t9?,16-/m1/s1. The maximum absolute atomic E-state index is 11.6. The highest BCUT2D eigenvalue weighted by Gasteiger charge is 2.35. The summed E-state index contributed by atoms with van der Waals surface area (Å²) < 4.78 is 0. The summed E-state index contributed by atoms with van der Waals surface area (Å²) in [5, 5.41) is 71.3. The molecule has 0 spiro atoms. The highest BCUT2D eigenvalue weighted by molar-refractivity contribution is 5.88. The van der Waals surface area contributed by atoms with Crippen molar-refractivity contribution < 1.29 is 54.9 Å². The van der Waals surface area contributed by atoms with Gasteiger partial charge in [0.05, 0.1) is 5.92 Å². The van der Waals surface area contributed by atoms with E-state index in [1.165, 1.54) is 0 Å². The van der Waals surface area contributed by atoms with Crippen molar-refractivity contribution in [2.24, 2.45) is 15.9 Å². The molecule has 0 aromatic carbocycles. The van der Waals surface area contributed by atoms with E-state index in [4.69, 9.17) is 10.2 Å². The molecule has 164 valence electrons. The van der Waals surface area contributed by atoms with E-state index >= 15 is 0 Å². The van der Waals surface area contributed by atoms with E-state index in [-0.39, 0.29) is 25.9 Å². The van der Waals surface area contributed by atoms with Gasteiger partial charge in [0.15, 0.2) is 5.60 Å². The quantitative estimate of drug-likeness (QED) is 0.129. The molecule has 0 aromatic heterocycles. The van der Waals surface area contributed by atoms with Crippen LogP contribution in [-0.4, -0.2) is 69.7 Å². The van der Waals surface area contributed by atoms with Crippen LogP contribution in [-0.2, 0) is 19.2 Å². The number of unbranched alkanes of at least 4 members (excludes halogenated alkanes) is 1. The van der Waals surface area contributed by atoms with Crippen LogP contribution in [0.2, 0.25) is 0 Å². The fourth-order valence-corrected chi connectivity index (χ4v) is 2.11. The summed E-state index contributed by atoms with van der Waals surface area (Å²) in [5.74, 6) is -10.1. The smallest absolute Gasteiger partial charge is 0.336 e. The Hall–Kier alpha value is -3.22. The average Bonchev–Trinajstić information content (AvgIpc) is 2.55. The van der Waals surface area contributed by atoms with Crippen molar-refractivity contribution >= 4 is 35.7 Å². The number of hydrogen-bond acceptors (Lipinski definition) is 11. The van der Waals surface area contributed by atoms with Crippen LogP contribution in [0.5, 0.6) is 0 Å². The summed E-state index contributed by atoms with van der Waals surface area (Å²) in [5.41, 5.74) is -2.83. The molecular formula is C16H20N2O11-4. The molecule has 0 bridgehead atoms. The zero-order valence-corrected chi connectivity index (χ0v) is 15.2. The summed E-state index contributed by atoms with van der Waals surface area (Å²) in [4.78, 5) is 49.6. The summed E-state index contributed by atoms with van der Waals surface area (Å²) in [6.45, 7) is -0.143. The molecule has 0 saturated heterocycles. The second kappa shape index (κ2) is 12.3. The SMILES string of the molecule is O=C([O-])CC(CC([O-])=NCCCCN=C([O-])C[C@@](O)(CC(=O)[O-])C(=O)O)C(=O)O. The fraction of sp³-hybridized carbons (Fsp3) is 0.625. The zero-order valence-electron chi connectivity index (χ0n) is 15.2. The Bertz CT molecular complexity index is 674. The first-order valence-corrected chi connectivity index (χ1v) is 8.36. The molecule has 0 aromatic rings. The van der Waals surface area contributed by atoms with Crippen molar-refractivity contribution in [2.45, 2.75) is 44.1 Å². The van der Waals surface area contributed by atoms with E-state index in [1.54, 1.807) is 0 Å². The van der Waals surface area contributed by atoms with E-state index < -0.39 is 72.9 Å². The Morgan fingerprint density at radius 1 is 0.793 bits per heavy atom. The maximum Gasteiger partial charge on any atom is 0.336 e. The van der Waals surface area contributed by atoms with Gasteiger partial charge in [0.1, 0.15) is 0 Å². The molecule has 1 unspecified atom stereocenters. The first-order valence-electron chi connectivity index (χ1n) is 8.36. The summed E-state index contributed by atoms with van der Waals surface area (Å²) in [6.07, 6.45) is -3.26. The second-order valence-corrected chi connectivity index (χ2v) is 6.14. The van der Waals surface area contributed by atoms with Gasteiger partial charge in [0, 0.05) is 44.3 Å². The molecule has 0 heterocycles. The van der Waals surface area contributed by atoms with Gasteiger partial charge in [-0.3, -0.25) is 4.79 Å². The van der Waals surface area contributed by atoms with E-state index in [2.05, 4.69) is 9.98 Å². The van der Waals surface area contributed by atoms with Gasteiger partial charge in [0.2, 0.25) is 0 Å². The minimum atomic E-state index is -2.83. The minimum absolute atomic E-state index is 0.0377. The van der Waals surface area contributed by atoms with Crippen molar-refractivity contribution in [3.63, 3.8) is 0 Å². The Balaban J connectivity index is 4.43. The number of rotatable bonds is 15. The molecule has 0 fully saturated rings.